The molecule has 180 valence electrons. The van der Waals surface area contributed by atoms with Crippen LogP contribution in [-0.2, 0) is 9.59 Å². The number of hydrogen-bond donors (Lipinski definition) is 0. The van der Waals surface area contributed by atoms with Crippen molar-refractivity contribution in [3.63, 3.8) is 0 Å². The Labute approximate surface area is 197 Å². The fourth-order valence-electron chi connectivity index (χ4n) is 5.61. The normalized spacial score (nSPS) is 26.3. The molecule has 1 saturated carbocycles. The number of carbonyl (C=O) groups is 2. The van der Waals surface area contributed by atoms with Gasteiger partial charge in [0.2, 0.25) is 5.91 Å². The second-order valence-electron chi connectivity index (χ2n) is 9.84. The molecule has 0 spiro atoms. The largest absolute Gasteiger partial charge is 0.493 e. The molecule has 0 N–H and O–H groups in total. The summed E-state index contributed by atoms with van der Waals surface area (Å²) in [6.45, 7) is 3.04. The van der Waals surface area contributed by atoms with Gasteiger partial charge in [-0.05, 0) is 81.4 Å². The van der Waals surface area contributed by atoms with Gasteiger partial charge in [0.05, 0.1) is 14.2 Å². The third-order valence-corrected chi connectivity index (χ3v) is 7.66. The van der Waals surface area contributed by atoms with E-state index in [0.717, 1.165) is 50.5 Å². The van der Waals surface area contributed by atoms with E-state index in [-0.39, 0.29) is 24.4 Å². The minimum atomic E-state index is -0.616. The zero-order valence-electron chi connectivity index (χ0n) is 20.3. The highest BCUT2D eigenvalue weighted by Crippen LogP contribution is 2.37. The van der Waals surface area contributed by atoms with Crippen LogP contribution in [-0.4, -0.2) is 55.0 Å². The predicted octanol–water partition coefficient (Wildman–Crippen LogP) is 4.88. The van der Waals surface area contributed by atoms with Crippen molar-refractivity contribution in [3.05, 3.63) is 35.4 Å². The molecule has 6 heteroatoms. The summed E-state index contributed by atoms with van der Waals surface area (Å²) < 4.78 is 10.9. The number of amides is 2. The first kappa shape index (κ1) is 23.7. The Bertz CT molecular complexity index is 888. The van der Waals surface area contributed by atoms with E-state index in [1.807, 2.05) is 23.1 Å². The quantitative estimate of drug-likeness (QED) is 0.551. The zero-order chi connectivity index (χ0) is 23.4. The van der Waals surface area contributed by atoms with Gasteiger partial charge in [-0.15, -0.1) is 0 Å². The van der Waals surface area contributed by atoms with E-state index in [1.165, 1.54) is 18.4 Å². The van der Waals surface area contributed by atoms with Crippen molar-refractivity contribution in [1.82, 2.24) is 9.80 Å². The lowest BCUT2D eigenvalue weighted by atomic mass is 9.85. The fourth-order valence-corrected chi connectivity index (χ4v) is 5.61. The third-order valence-electron chi connectivity index (χ3n) is 7.66. The Morgan fingerprint density at radius 1 is 1.00 bits per heavy atom. The summed E-state index contributed by atoms with van der Waals surface area (Å²) in [6.07, 6.45) is 12.0. The van der Waals surface area contributed by atoms with E-state index in [4.69, 9.17) is 9.47 Å². The van der Waals surface area contributed by atoms with E-state index in [2.05, 4.69) is 13.0 Å². The Balaban J connectivity index is 1.62. The second kappa shape index (κ2) is 10.6. The molecule has 0 bridgehead atoms. The minimum Gasteiger partial charge on any atom is -0.493 e. The number of carbonyl (C=O) groups excluding carboxylic acids is 2. The van der Waals surface area contributed by atoms with E-state index in [0.29, 0.717) is 24.0 Å². The summed E-state index contributed by atoms with van der Waals surface area (Å²) in [6, 6.07) is 5.12. The van der Waals surface area contributed by atoms with Crippen molar-refractivity contribution in [3.8, 4) is 11.5 Å². The molecule has 3 aliphatic rings. The number of hydrogen-bond acceptors (Lipinski definition) is 4. The average Bonchev–Trinajstić information content (AvgIpc) is 2.85. The van der Waals surface area contributed by atoms with E-state index in [1.54, 1.807) is 19.1 Å². The van der Waals surface area contributed by atoms with Crippen molar-refractivity contribution in [2.24, 2.45) is 5.92 Å². The van der Waals surface area contributed by atoms with Crippen molar-refractivity contribution in [1.29, 1.82) is 0 Å². The number of nitrogens with zero attached hydrogens (tertiary/aromatic N) is 2. The standard InChI is InChI=1S/C27H38N2O4/c1-19-9-12-22(13-10-19)29-18-25(30)28(16-15-20-7-5-4-6-8-20)26(27(29)31)21-11-14-23(32-2)24(17-21)33-3/h7,11,14,17,19,22,26H,4-6,8-10,12-13,15-16,18H2,1-3H3. The Morgan fingerprint density at radius 3 is 2.42 bits per heavy atom. The van der Waals surface area contributed by atoms with Gasteiger partial charge in [0.25, 0.3) is 5.91 Å². The topological polar surface area (TPSA) is 59.1 Å². The van der Waals surface area contributed by atoms with Gasteiger partial charge >= 0.3 is 0 Å². The summed E-state index contributed by atoms with van der Waals surface area (Å²) in [5, 5.41) is 0. The monoisotopic (exact) mass is 454 g/mol. The molecule has 0 radical (unpaired) electrons. The highest BCUT2D eigenvalue weighted by molar-refractivity contribution is 5.96. The molecule has 2 aliphatic carbocycles. The van der Waals surface area contributed by atoms with E-state index >= 15 is 0 Å². The molecule has 1 aromatic carbocycles. The average molecular weight is 455 g/mol. The van der Waals surface area contributed by atoms with Gasteiger partial charge in [-0.1, -0.05) is 24.6 Å². The molecule has 6 nitrogen and oxygen atoms in total. The first-order valence-electron chi connectivity index (χ1n) is 12.5. The number of methoxy groups -OCH3 is 2. The Hall–Kier alpha value is -2.50. The maximum absolute atomic E-state index is 13.9. The van der Waals surface area contributed by atoms with Crippen molar-refractivity contribution < 1.29 is 19.1 Å². The van der Waals surface area contributed by atoms with Crippen LogP contribution in [0.1, 0.15) is 76.3 Å². The van der Waals surface area contributed by atoms with Crippen LogP contribution in [0.2, 0.25) is 0 Å². The molecule has 1 heterocycles. The fraction of sp³-hybridized carbons (Fsp3) is 0.630. The van der Waals surface area contributed by atoms with Crippen LogP contribution in [0, 0.1) is 5.92 Å². The lowest BCUT2D eigenvalue weighted by molar-refractivity contribution is -0.159. The summed E-state index contributed by atoms with van der Waals surface area (Å²) in [7, 11) is 3.20. The SMILES string of the molecule is COc1ccc(C2C(=O)N(C3CCC(C)CC3)CC(=O)N2CCC2=CCCCC2)cc1OC. The summed E-state index contributed by atoms with van der Waals surface area (Å²) in [4.78, 5) is 31.0. The highest BCUT2D eigenvalue weighted by atomic mass is 16.5. The van der Waals surface area contributed by atoms with Crippen molar-refractivity contribution >= 4 is 11.8 Å². The van der Waals surface area contributed by atoms with Crippen LogP contribution in [0.15, 0.2) is 29.8 Å². The number of allylic oxidation sites excluding steroid dienone is 1. The van der Waals surface area contributed by atoms with Crippen molar-refractivity contribution in [2.75, 3.05) is 27.3 Å². The van der Waals surface area contributed by atoms with E-state index < -0.39 is 6.04 Å². The lowest BCUT2D eigenvalue weighted by Gasteiger charge is -2.45. The van der Waals surface area contributed by atoms with Crippen LogP contribution < -0.4 is 9.47 Å². The lowest BCUT2D eigenvalue weighted by Crippen LogP contribution is -2.58. The highest BCUT2D eigenvalue weighted by Gasteiger charge is 2.43. The Kier molecular flexibility index (Phi) is 7.61. The molecular weight excluding hydrogens is 416 g/mol. The minimum absolute atomic E-state index is 0.0407. The molecule has 0 aromatic heterocycles. The molecule has 1 atom stereocenters. The molecule has 2 amide bonds. The van der Waals surface area contributed by atoms with Gasteiger partial charge < -0.3 is 19.3 Å². The van der Waals surface area contributed by atoms with Crippen molar-refractivity contribution in [2.45, 2.75) is 76.8 Å². The zero-order valence-corrected chi connectivity index (χ0v) is 20.3. The molecule has 1 aliphatic heterocycles. The van der Waals surface area contributed by atoms with Gasteiger partial charge in [0.1, 0.15) is 12.6 Å². The van der Waals surface area contributed by atoms with Gasteiger partial charge in [0.15, 0.2) is 11.5 Å². The summed E-state index contributed by atoms with van der Waals surface area (Å²) in [5.74, 6) is 1.98. The molecule has 33 heavy (non-hydrogen) atoms. The van der Waals surface area contributed by atoms with Crippen LogP contribution in [0.3, 0.4) is 0 Å². The maximum atomic E-state index is 13.9. The van der Waals surface area contributed by atoms with Crippen LogP contribution >= 0.6 is 0 Å². The van der Waals surface area contributed by atoms with Crippen LogP contribution in [0.4, 0.5) is 0 Å². The number of rotatable bonds is 7. The molecule has 1 saturated heterocycles. The maximum Gasteiger partial charge on any atom is 0.250 e. The molecule has 1 aromatic rings. The van der Waals surface area contributed by atoms with Gasteiger partial charge in [0, 0.05) is 12.6 Å². The smallest absolute Gasteiger partial charge is 0.250 e. The van der Waals surface area contributed by atoms with Gasteiger partial charge in [-0.3, -0.25) is 9.59 Å². The van der Waals surface area contributed by atoms with Gasteiger partial charge in [-0.25, -0.2) is 0 Å². The second-order valence-corrected chi connectivity index (χ2v) is 9.84. The molecular formula is C27H38N2O4. The molecule has 2 fully saturated rings. The third kappa shape index (κ3) is 5.20. The number of ether oxygens (including phenoxy) is 2. The molecule has 4 rings (SSSR count). The summed E-state index contributed by atoms with van der Waals surface area (Å²) in [5.41, 5.74) is 2.20. The van der Waals surface area contributed by atoms with Gasteiger partial charge in [-0.2, -0.15) is 0 Å². The van der Waals surface area contributed by atoms with Crippen LogP contribution in [0.5, 0.6) is 11.5 Å². The molecule has 1 unspecified atom stereocenters. The Morgan fingerprint density at radius 2 is 1.76 bits per heavy atom. The number of benzene rings is 1. The first-order valence-corrected chi connectivity index (χ1v) is 12.5. The summed E-state index contributed by atoms with van der Waals surface area (Å²) >= 11 is 0. The predicted molar refractivity (Wildman–Crippen MR) is 128 cm³/mol. The first-order chi connectivity index (χ1) is 16.0. The number of piperazine rings is 1. The van der Waals surface area contributed by atoms with E-state index in [9.17, 15) is 9.59 Å². The van der Waals surface area contributed by atoms with Crippen LogP contribution in [0.25, 0.3) is 0 Å².